The second kappa shape index (κ2) is 6.55. The quantitative estimate of drug-likeness (QED) is 0.896. The van der Waals surface area contributed by atoms with Gasteiger partial charge in [0.05, 0.1) is 0 Å². The highest BCUT2D eigenvalue weighted by molar-refractivity contribution is 6.31. The molecule has 18 heavy (non-hydrogen) atoms. The molecular formula is C15H22ClNO. The van der Waals surface area contributed by atoms with E-state index >= 15 is 0 Å². The van der Waals surface area contributed by atoms with Crippen LogP contribution < -0.4 is 5.32 Å². The Morgan fingerprint density at radius 3 is 2.56 bits per heavy atom. The third-order valence-corrected chi connectivity index (χ3v) is 4.20. The minimum atomic E-state index is 0.288. The van der Waals surface area contributed by atoms with Crippen LogP contribution in [0.5, 0.6) is 0 Å². The van der Waals surface area contributed by atoms with Gasteiger partial charge in [-0.25, -0.2) is 0 Å². The molecule has 3 heteroatoms. The van der Waals surface area contributed by atoms with E-state index in [2.05, 4.69) is 25.2 Å². The van der Waals surface area contributed by atoms with Crippen molar-refractivity contribution in [2.24, 2.45) is 5.92 Å². The van der Waals surface area contributed by atoms with Crippen molar-refractivity contribution in [3.63, 3.8) is 0 Å². The molecule has 2 atom stereocenters. The Bertz CT molecular complexity index is 377. The first kappa shape index (κ1) is 13.9. The molecule has 1 N–H and O–H groups in total. The van der Waals surface area contributed by atoms with Gasteiger partial charge in [-0.1, -0.05) is 29.8 Å². The Morgan fingerprint density at radius 2 is 1.89 bits per heavy atom. The molecule has 0 saturated carbocycles. The van der Waals surface area contributed by atoms with Crippen molar-refractivity contribution >= 4 is 11.6 Å². The van der Waals surface area contributed by atoms with Crippen molar-refractivity contribution in [3.05, 3.63) is 34.9 Å². The molecule has 0 radical (unpaired) electrons. The zero-order valence-electron chi connectivity index (χ0n) is 11.2. The van der Waals surface area contributed by atoms with Gasteiger partial charge in [-0.2, -0.15) is 0 Å². The maximum Gasteiger partial charge on any atom is 0.0469 e. The molecule has 0 bridgehead atoms. The van der Waals surface area contributed by atoms with E-state index in [9.17, 15) is 0 Å². The lowest BCUT2D eigenvalue weighted by atomic mass is 9.92. The predicted molar refractivity (Wildman–Crippen MR) is 76.0 cm³/mol. The molecule has 0 spiro atoms. The second-order valence-electron chi connectivity index (χ2n) is 5.15. The van der Waals surface area contributed by atoms with E-state index in [1.807, 2.05) is 18.2 Å². The topological polar surface area (TPSA) is 21.3 Å². The summed E-state index contributed by atoms with van der Waals surface area (Å²) < 4.78 is 5.41. The number of nitrogens with one attached hydrogen (secondary N) is 1. The van der Waals surface area contributed by atoms with Gasteiger partial charge in [-0.05, 0) is 44.2 Å². The molecule has 0 amide bonds. The van der Waals surface area contributed by atoms with Crippen LogP contribution in [-0.4, -0.2) is 19.3 Å². The molecule has 2 rings (SSSR count). The molecule has 1 heterocycles. The van der Waals surface area contributed by atoms with E-state index < -0.39 is 0 Å². The highest BCUT2D eigenvalue weighted by Crippen LogP contribution is 2.25. The van der Waals surface area contributed by atoms with Gasteiger partial charge >= 0.3 is 0 Å². The van der Waals surface area contributed by atoms with Crippen molar-refractivity contribution in [1.29, 1.82) is 0 Å². The van der Waals surface area contributed by atoms with Gasteiger partial charge in [0.2, 0.25) is 0 Å². The molecule has 1 saturated heterocycles. The second-order valence-corrected chi connectivity index (χ2v) is 5.56. The number of hydrogen-bond acceptors (Lipinski definition) is 2. The number of benzene rings is 1. The van der Waals surface area contributed by atoms with Gasteiger partial charge in [0.1, 0.15) is 0 Å². The lowest BCUT2D eigenvalue weighted by Crippen LogP contribution is -2.38. The van der Waals surface area contributed by atoms with Crippen LogP contribution in [0.25, 0.3) is 0 Å². The molecular weight excluding hydrogens is 246 g/mol. The summed E-state index contributed by atoms with van der Waals surface area (Å²) in [5, 5.41) is 4.51. The van der Waals surface area contributed by atoms with E-state index in [1.54, 1.807) is 0 Å². The van der Waals surface area contributed by atoms with Gasteiger partial charge in [0.15, 0.2) is 0 Å². The first-order chi connectivity index (χ1) is 8.68. The first-order valence-corrected chi connectivity index (χ1v) is 7.14. The zero-order valence-corrected chi connectivity index (χ0v) is 11.9. The summed E-state index contributed by atoms with van der Waals surface area (Å²) in [5.41, 5.74) is 1.18. The Labute approximate surface area is 115 Å². The van der Waals surface area contributed by atoms with E-state index in [1.165, 1.54) is 5.56 Å². The van der Waals surface area contributed by atoms with Crippen LogP contribution in [0.3, 0.4) is 0 Å². The fraction of sp³-hybridized carbons (Fsp3) is 0.600. The Balaban J connectivity index is 1.94. The highest BCUT2D eigenvalue weighted by atomic mass is 35.5. The van der Waals surface area contributed by atoms with Gasteiger partial charge in [-0.3, -0.25) is 0 Å². The number of hydrogen-bond donors (Lipinski definition) is 1. The van der Waals surface area contributed by atoms with Crippen molar-refractivity contribution < 1.29 is 4.74 Å². The molecule has 100 valence electrons. The summed E-state index contributed by atoms with van der Waals surface area (Å²) in [6.45, 7) is 6.24. The average Bonchev–Trinajstić information content (AvgIpc) is 2.40. The van der Waals surface area contributed by atoms with Crippen molar-refractivity contribution in [1.82, 2.24) is 5.32 Å². The largest absolute Gasteiger partial charge is 0.381 e. The molecule has 0 aliphatic carbocycles. The third kappa shape index (κ3) is 3.47. The summed E-state index contributed by atoms with van der Waals surface area (Å²) in [6.07, 6.45) is 2.31. The Morgan fingerprint density at radius 1 is 1.22 bits per heavy atom. The molecule has 1 aromatic carbocycles. The standard InChI is InChI=1S/C15H22ClNO/c1-11(13-7-9-18-10-8-13)17-12(2)14-5-3-4-6-15(14)16/h3-6,11-13,17H,7-10H2,1-2H3. The van der Waals surface area contributed by atoms with Crippen molar-refractivity contribution in [2.75, 3.05) is 13.2 Å². The van der Waals surface area contributed by atoms with Crippen LogP contribution in [0.4, 0.5) is 0 Å². The summed E-state index contributed by atoms with van der Waals surface area (Å²) in [5.74, 6) is 0.712. The average molecular weight is 268 g/mol. The van der Waals surface area contributed by atoms with Gasteiger partial charge in [-0.15, -0.1) is 0 Å². The van der Waals surface area contributed by atoms with Gasteiger partial charge < -0.3 is 10.1 Å². The van der Waals surface area contributed by atoms with E-state index in [4.69, 9.17) is 16.3 Å². The summed E-state index contributed by atoms with van der Waals surface area (Å²) in [7, 11) is 0. The van der Waals surface area contributed by atoms with Gasteiger partial charge in [0.25, 0.3) is 0 Å². The maximum absolute atomic E-state index is 6.23. The smallest absolute Gasteiger partial charge is 0.0469 e. The maximum atomic E-state index is 6.23. The minimum Gasteiger partial charge on any atom is -0.381 e. The van der Waals surface area contributed by atoms with Crippen LogP contribution in [0.1, 0.15) is 38.3 Å². The number of ether oxygens (including phenoxy) is 1. The molecule has 2 nitrogen and oxygen atoms in total. The number of rotatable bonds is 4. The van der Waals surface area contributed by atoms with Crippen LogP contribution in [0.15, 0.2) is 24.3 Å². The Hall–Kier alpha value is -0.570. The van der Waals surface area contributed by atoms with E-state index in [0.717, 1.165) is 31.1 Å². The van der Waals surface area contributed by atoms with Gasteiger partial charge in [0, 0.05) is 30.3 Å². The van der Waals surface area contributed by atoms with Crippen molar-refractivity contribution in [3.8, 4) is 0 Å². The molecule has 0 aromatic heterocycles. The SMILES string of the molecule is CC(NC(C)C1CCOCC1)c1ccccc1Cl. The van der Waals surface area contributed by atoms with Crippen molar-refractivity contribution in [2.45, 2.75) is 38.8 Å². The molecule has 1 fully saturated rings. The predicted octanol–water partition coefficient (Wildman–Crippen LogP) is 3.81. The minimum absolute atomic E-state index is 0.288. The lowest BCUT2D eigenvalue weighted by molar-refractivity contribution is 0.0547. The summed E-state index contributed by atoms with van der Waals surface area (Å²) in [6, 6.07) is 8.85. The zero-order chi connectivity index (χ0) is 13.0. The molecule has 1 aliphatic rings. The molecule has 1 aromatic rings. The van der Waals surface area contributed by atoms with Crippen LogP contribution in [0, 0.1) is 5.92 Å². The molecule has 2 unspecified atom stereocenters. The monoisotopic (exact) mass is 267 g/mol. The lowest BCUT2D eigenvalue weighted by Gasteiger charge is -2.31. The van der Waals surface area contributed by atoms with E-state index in [0.29, 0.717) is 12.0 Å². The summed E-state index contributed by atoms with van der Waals surface area (Å²) in [4.78, 5) is 0. The van der Waals surface area contributed by atoms with Crippen LogP contribution >= 0.6 is 11.6 Å². The fourth-order valence-electron chi connectivity index (χ4n) is 2.66. The van der Waals surface area contributed by atoms with E-state index in [-0.39, 0.29) is 6.04 Å². The normalized spacial score (nSPS) is 20.6. The Kier molecular flexibility index (Phi) is 5.04. The number of halogens is 1. The molecule has 1 aliphatic heterocycles. The first-order valence-electron chi connectivity index (χ1n) is 6.76. The highest BCUT2D eigenvalue weighted by Gasteiger charge is 2.22. The van der Waals surface area contributed by atoms with Crippen LogP contribution in [-0.2, 0) is 4.74 Å². The van der Waals surface area contributed by atoms with Crippen LogP contribution in [0.2, 0.25) is 5.02 Å². The fourth-order valence-corrected chi connectivity index (χ4v) is 2.96. The third-order valence-electron chi connectivity index (χ3n) is 3.86. The summed E-state index contributed by atoms with van der Waals surface area (Å²) >= 11 is 6.23.